The Morgan fingerprint density at radius 2 is 1.75 bits per heavy atom. The average molecular weight is 227 g/mol. The summed E-state index contributed by atoms with van der Waals surface area (Å²) in [5.74, 6) is 0. The van der Waals surface area contributed by atoms with E-state index in [1.54, 1.807) is 0 Å². The third-order valence-corrected chi connectivity index (χ3v) is 3.69. The molecule has 96 valence electrons. The molecule has 3 nitrogen and oxygen atoms in total. The maximum absolute atomic E-state index is 2.61. The Balaban J connectivity index is 2.08. The number of rotatable bonds is 6. The van der Waals surface area contributed by atoms with Crippen LogP contribution < -0.4 is 0 Å². The van der Waals surface area contributed by atoms with Crippen LogP contribution in [0.3, 0.4) is 0 Å². The number of piperazine rings is 1. The van der Waals surface area contributed by atoms with Crippen molar-refractivity contribution in [3.05, 3.63) is 0 Å². The normalized spacial score (nSPS) is 19.9. The van der Waals surface area contributed by atoms with Crippen LogP contribution in [0.4, 0.5) is 0 Å². The predicted molar refractivity (Wildman–Crippen MR) is 70.9 cm³/mol. The van der Waals surface area contributed by atoms with Crippen molar-refractivity contribution in [2.75, 3.05) is 52.9 Å². The van der Waals surface area contributed by atoms with E-state index in [0.717, 1.165) is 0 Å². The van der Waals surface area contributed by atoms with E-state index in [2.05, 4.69) is 42.5 Å². The highest BCUT2D eigenvalue weighted by Gasteiger charge is 2.17. The van der Waals surface area contributed by atoms with E-state index in [4.69, 9.17) is 0 Å². The maximum Gasteiger partial charge on any atom is 0.0113 e. The lowest BCUT2D eigenvalue weighted by Gasteiger charge is -2.37. The summed E-state index contributed by atoms with van der Waals surface area (Å²) in [5.41, 5.74) is 0. The Bertz CT molecular complexity index is 174. The van der Waals surface area contributed by atoms with Crippen molar-refractivity contribution in [3.8, 4) is 0 Å². The standard InChI is InChI=1S/C13H29N3/c1-5-14(4)7-6-8-15-9-11-16(12-10-15)13(2)3/h13H,5-12H2,1-4H3. The SMILES string of the molecule is CCN(C)CCCN1CCN(C(C)C)CC1. The first kappa shape index (κ1) is 13.9. The number of nitrogens with zero attached hydrogens (tertiary/aromatic N) is 3. The Kier molecular flexibility index (Phi) is 6.32. The van der Waals surface area contributed by atoms with Gasteiger partial charge in [-0.3, -0.25) is 4.90 Å². The van der Waals surface area contributed by atoms with E-state index in [9.17, 15) is 0 Å². The first-order chi connectivity index (χ1) is 7.63. The molecule has 1 fully saturated rings. The van der Waals surface area contributed by atoms with Crippen molar-refractivity contribution in [2.24, 2.45) is 0 Å². The van der Waals surface area contributed by atoms with Crippen LogP contribution in [0.5, 0.6) is 0 Å². The average Bonchev–Trinajstić information content (AvgIpc) is 2.29. The highest BCUT2D eigenvalue weighted by molar-refractivity contribution is 4.74. The Hall–Kier alpha value is -0.120. The van der Waals surface area contributed by atoms with Crippen LogP contribution in [0.1, 0.15) is 27.2 Å². The van der Waals surface area contributed by atoms with Gasteiger partial charge in [-0.2, -0.15) is 0 Å². The summed E-state index contributed by atoms with van der Waals surface area (Å²) in [6, 6.07) is 0.716. The van der Waals surface area contributed by atoms with Crippen molar-refractivity contribution >= 4 is 0 Å². The van der Waals surface area contributed by atoms with Gasteiger partial charge in [0, 0.05) is 32.2 Å². The topological polar surface area (TPSA) is 9.72 Å². The third-order valence-electron chi connectivity index (χ3n) is 3.69. The Morgan fingerprint density at radius 1 is 1.12 bits per heavy atom. The fraction of sp³-hybridized carbons (Fsp3) is 1.00. The van der Waals surface area contributed by atoms with Crippen molar-refractivity contribution in [2.45, 2.75) is 33.2 Å². The zero-order chi connectivity index (χ0) is 12.0. The summed E-state index contributed by atoms with van der Waals surface area (Å²) in [7, 11) is 2.21. The minimum atomic E-state index is 0.716. The van der Waals surface area contributed by atoms with Gasteiger partial charge in [0.2, 0.25) is 0 Å². The summed E-state index contributed by atoms with van der Waals surface area (Å²) < 4.78 is 0. The van der Waals surface area contributed by atoms with Crippen LogP contribution in [0, 0.1) is 0 Å². The van der Waals surface area contributed by atoms with Gasteiger partial charge in [-0.15, -0.1) is 0 Å². The van der Waals surface area contributed by atoms with Gasteiger partial charge in [0.15, 0.2) is 0 Å². The van der Waals surface area contributed by atoms with Crippen LogP contribution >= 0.6 is 0 Å². The minimum Gasteiger partial charge on any atom is -0.307 e. The zero-order valence-electron chi connectivity index (χ0n) is 11.6. The van der Waals surface area contributed by atoms with Crippen molar-refractivity contribution < 1.29 is 0 Å². The van der Waals surface area contributed by atoms with Crippen LogP contribution in [-0.2, 0) is 0 Å². The molecular weight excluding hydrogens is 198 g/mol. The van der Waals surface area contributed by atoms with Gasteiger partial charge < -0.3 is 9.80 Å². The maximum atomic E-state index is 2.61. The molecule has 0 aliphatic carbocycles. The lowest BCUT2D eigenvalue weighted by molar-refractivity contribution is 0.105. The molecule has 0 atom stereocenters. The summed E-state index contributed by atoms with van der Waals surface area (Å²) in [4.78, 5) is 7.58. The van der Waals surface area contributed by atoms with Gasteiger partial charge in [0.25, 0.3) is 0 Å². The quantitative estimate of drug-likeness (QED) is 0.678. The first-order valence-corrected chi connectivity index (χ1v) is 6.78. The number of hydrogen-bond acceptors (Lipinski definition) is 3. The molecule has 1 aliphatic heterocycles. The monoisotopic (exact) mass is 227 g/mol. The Labute approximate surface area is 101 Å². The van der Waals surface area contributed by atoms with Gasteiger partial charge >= 0.3 is 0 Å². The first-order valence-electron chi connectivity index (χ1n) is 6.78. The van der Waals surface area contributed by atoms with Gasteiger partial charge in [-0.05, 0) is 47.0 Å². The zero-order valence-corrected chi connectivity index (χ0v) is 11.6. The summed E-state index contributed by atoms with van der Waals surface area (Å²) in [6.07, 6.45) is 1.31. The van der Waals surface area contributed by atoms with E-state index in [-0.39, 0.29) is 0 Å². The van der Waals surface area contributed by atoms with E-state index in [0.29, 0.717) is 6.04 Å². The highest BCUT2D eigenvalue weighted by atomic mass is 15.3. The molecular formula is C13H29N3. The van der Waals surface area contributed by atoms with E-state index >= 15 is 0 Å². The lowest BCUT2D eigenvalue weighted by Crippen LogP contribution is -2.49. The molecule has 0 radical (unpaired) electrons. The van der Waals surface area contributed by atoms with Crippen LogP contribution in [0.2, 0.25) is 0 Å². The Morgan fingerprint density at radius 3 is 2.25 bits per heavy atom. The molecule has 16 heavy (non-hydrogen) atoms. The molecule has 0 amide bonds. The smallest absolute Gasteiger partial charge is 0.0113 e. The van der Waals surface area contributed by atoms with E-state index in [1.807, 2.05) is 0 Å². The largest absolute Gasteiger partial charge is 0.307 e. The molecule has 1 rings (SSSR count). The third kappa shape index (κ3) is 4.81. The molecule has 0 aromatic carbocycles. The van der Waals surface area contributed by atoms with Gasteiger partial charge in [-0.1, -0.05) is 6.92 Å². The summed E-state index contributed by atoms with van der Waals surface area (Å²) in [5, 5.41) is 0. The summed E-state index contributed by atoms with van der Waals surface area (Å²) in [6.45, 7) is 15.5. The predicted octanol–water partition coefficient (Wildman–Crippen LogP) is 1.35. The van der Waals surface area contributed by atoms with Crippen molar-refractivity contribution in [3.63, 3.8) is 0 Å². The lowest BCUT2D eigenvalue weighted by atomic mass is 10.2. The second-order valence-electron chi connectivity index (χ2n) is 5.22. The molecule has 0 spiro atoms. The molecule has 0 saturated carbocycles. The highest BCUT2D eigenvalue weighted by Crippen LogP contribution is 2.06. The fourth-order valence-corrected chi connectivity index (χ4v) is 2.23. The molecule has 0 bridgehead atoms. The minimum absolute atomic E-state index is 0.716. The van der Waals surface area contributed by atoms with Gasteiger partial charge in [0.1, 0.15) is 0 Å². The van der Waals surface area contributed by atoms with Gasteiger partial charge in [0.05, 0.1) is 0 Å². The second kappa shape index (κ2) is 7.25. The molecule has 1 heterocycles. The summed E-state index contributed by atoms with van der Waals surface area (Å²) >= 11 is 0. The molecule has 0 aromatic heterocycles. The van der Waals surface area contributed by atoms with Gasteiger partial charge in [-0.25, -0.2) is 0 Å². The second-order valence-corrected chi connectivity index (χ2v) is 5.22. The molecule has 1 aliphatic rings. The van der Waals surface area contributed by atoms with Crippen LogP contribution in [0.25, 0.3) is 0 Å². The van der Waals surface area contributed by atoms with Crippen LogP contribution in [-0.4, -0.2) is 73.6 Å². The van der Waals surface area contributed by atoms with Crippen molar-refractivity contribution in [1.82, 2.24) is 14.7 Å². The number of hydrogen-bond donors (Lipinski definition) is 0. The van der Waals surface area contributed by atoms with Crippen LogP contribution in [0.15, 0.2) is 0 Å². The van der Waals surface area contributed by atoms with E-state index < -0.39 is 0 Å². The molecule has 0 aromatic rings. The molecule has 0 N–H and O–H groups in total. The van der Waals surface area contributed by atoms with E-state index in [1.165, 1.54) is 52.2 Å². The fourth-order valence-electron chi connectivity index (χ4n) is 2.23. The van der Waals surface area contributed by atoms with Crippen molar-refractivity contribution in [1.29, 1.82) is 0 Å². The molecule has 1 saturated heterocycles. The molecule has 3 heteroatoms. The molecule has 0 unspecified atom stereocenters.